The summed E-state index contributed by atoms with van der Waals surface area (Å²) in [5.41, 5.74) is 11.3. The first-order chi connectivity index (χ1) is 9.10. The SMILES string of the molecule is CCSc1ccc(C(N)c2cc(C)cc(C)c2)cc1. The highest BCUT2D eigenvalue weighted by Gasteiger charge is 2.09. The predicted octanol–water partition coefficient (Wildman–Crippen LogP) is 4.46. The van der Waals surface area contributed by atoms with Gasteiger partial charge >= 0.3 is 0 Å². The van der Waals surface area contributed by atoms with Crippen LogP contribution in [0.3, 0.4) is 0 Å². The summed E-state index contributed by atoms with van der Waals surface area (Å²) in [5, 5.41) is 0. The van der Waals surface area contributed by atoms with E-state index in [1.165, 1.54) is 27.1 Å². The van der Waals surface area contributed by atoms with Gasteiger partial charge in [-0.25, -0.2) is 0 Å². The quantitative estimate of drug-likeness (QED) is 0.831. The Labute approximate surface area is 120 Å². The molecule has 0 saturated carbocycles. The predicted molar refractivity (Wildman–Crippen MR) is 84.8 cm³/mol. The lowest BCUT2D eigenvalue weighted by molar-refractivity contribution is 0.866. The molecule has 0 spiro atoms. The van der Waals surface area contributed by atoms with Crippen LogP contribution in [-0.4, -0.2) is 5.75 Å². The number of benzene rings is 2. The molecule has 1 nitrogen and oxygen atoms in total. The van der Waals surface area contributed by atoms with Crippen LogP contribution in [-0.2, 0) is 0 Å². The second-order valence-corrected chi connectivity index (χ2v) is 6.24. The molecule has 100 valence electrons. The zero-order chi connectivity index (χ0) is 13.8. The highest BCUT2D eigenvalue weighted by molar-refractivity contribution is 7.99. The Balaban J connectivity index is 2.25. The third-order valence-corrected chi connectivity index (χ3v) is 4.05. The van der Waals surface area contributed by atoms with Gasteiger partial charge in [-0.3, -0.25) is 0 Å². The first-order valence-electron chi connectivity index (χ1n) is 6.66. The van der Waals surface area contributed by atoms with E-state index in [-0.39, 0.29) is 6.04 Å². The molecule has 19 heavy (non-hydrogen) atoms. The van der Waals surface area contributed by atoms with Crippen LogP contribution >= 0.6 is 11.8 Å². The second-order valence-electron chi connectivity index (χ2n) is 4.90. The summed E-state index contributed by atoms with van der Waals surface area (Å²) in [4.78, 5) is 1.30. The van der Waals surface area contributed by atoms with Crippen LogP contribution in [0.4, 0.5) is 0 Å². The highest BCUT2D eigenvalue weighted by atomic mass is 32.2. The summed E-state index contributed by atoms with van der Waals surface area (Å²) in [6.45, 7) is 6.40. The molecule has 0 saturated heterocycles. The van der Waals surface area contributed by atoms with Crippen molar-refractivity contribution in [2.45, 2.75) is 31.7 Å². The Kier molecular flexibility index (Phi) is 4.67. The van der Waals surface area contributed by atoms with Crippen molar-refractivity contribution in [1.29, 1.82) is 0 Å². The van der Waals surface area contributed by atoms with E-state index in [0.717, 1.165) is 5.75 Å². The van der Waals surface area contributed by atoms with Crippen LogP contribution in [0.25, 0.3) is 0 Å². The maximum Gasteiger partial charge on any atom is 0.0551 e. The van der Waals surface area contributed by atoms with Crippen molar-refractivity contribution >= 4 is 11.8 Å². The highest BCUT2D eigenvalue weighted by Crippen LogP contribution is 2.24. The van der Waals surface area contributed by atoms with Crippen molar-refractivity contribution in [3.05, 3.63) is 64.7 Å². The number of nitrogens with two attached hydrogens (primary N) is 1. The topological polar surface area (TPSA) is 26.0 Å². The van der Waals surface area contributed by atoms with Gasteiger partial charge < -0.3 is 5.73 Å². The summed E-state index contributed by atoms with van der Waals surface area (Å²) < 4.78 is 0. The fraction of sp³-hybridized carbons (Fsp3) is 0.294. The zero-order valence-corrected chi connectivity index (χ0v) is 12.6. The average Bonchev–Trinajstić information content (AvgIpc) is 2.38. The van der Waals surface area contributed by atoms with E-state index in [1.807, 2.05) is 11.8 Å². The molecule has 2 rings (SSSR count). The Bertz CT molecular complexity index is 525. The molecule has 0 fully saturated rings. The maximum absolute atomic E-state index is 6.37. The summed E-state index contributed by atoms with van der Waals surface area (Å²) >= 11 is 1.86. The van der Waals surface area contributed by atoms with Crippen molar-refractivity contribution in [2.24, 2.45) is 5.73 Å². The largest absolute Gasteiger partial charge is 0.320 e. The number of hydrogen-bond acceptors (Lipinski definition) is 2. The van der Waals surface area contributed by atoms with Crippen molar-refractivity contribution in [2.75, 3.05) is 5.75 Å². The van der Waals surface area contributed by atoms with Gasteiger partial charge in [-0.15, -0.1) is 11.8 Å². The minimum atomic E-state index is -0.0423. The normalized spacial score (nSPS) is 12.4. The molecule has 1 unspecified atom stereocenters. The Morgan fingerprint density at radius 1 is 0.947 bits per heavy atom. The summed E-state index contributed by atoms with van der Waals surface area (Å²) in [6.07, 6.45) is 0. The van der Waals surface area contributed by atoms with Crippen LogP contribution in [0.2, 0.25) is 0 Å². The molecule has 0 aliphatic heterocycles. The Morgan fingerprint density at radius 2 is 1.53 bits per heavy atom. The van der Waals surface area contributed by atoms with Gasteiger partial charge in [0.05, 0.1) is 6.04 Å². The molecule has 2 N–H and O–H groups in total. The molecule has 0 radical (unpaired) electrons. The van der Waals surface area contributed by atoms with E-state index in [1.54, 1.807) is 0 Å². The number of thioether (sulfide) groups is 1. The minimum Gasteiger partial charge on any atom is -0.320 e. The van der Waals surface area contributed by atoms with Gasteiger partial charge in [-0.05, 0) is 42.9 Å². The minimum absolute atomic E-state index is 0.0423. The van der Waals surface area contributed by atoms with E-state index >= 15 is 0 Å². The van der Waals surface area contributed by atoms with E-state index in [9.17, 15) is 0 Å². The molecule has 2 aromatic carbocycles. The molecule has 0 aromatic heterocycles. The van der Waals surface area contributed by atoms with Crippen LogP contribution in [0.1, 0.15) is 35.2 Å². The average molecular weight is 271 g/mol. The second kappa shape index (κ2) is 6.27. The molecule has 0 amide bonds. The van der Waals surface area contributed by atoms with Crippen molar-refractivity contribution in [1.82, 2.24) is 0 Å². The van der Waals surface area contributed by atoms with Crippen LogP contribution < -0.4 is 5.73 Å². The number of hydrogen-bond donors (Lipinski definition) is 1. The smallest absolute Gasteiger partial charge is 0.0551 e. The van der Waals surface area contributed by atoms with E-state index < -0.39 is 0 Å². The summed E-state index contributed by atoms with van der Waals surface area (Å²) in [7, 11) is 0. The lowest BCUT2D eigenvalue weighted by Crippen LogP contribution is -2.12. The van der Waals surface area contributed by atoms with Gasteiger partial charge in [0.15, 0.2) is 0 Å². The maximum atomic E-state index is 6.37. The molecule has 2 aromatic rings. The van der Waals surface area contributed by atoms with Gasteiger partial charge in [-0.1, -0.05) is 48.4 Å². The molecule has 0 bridgehead atoms. The fourth-order valence-corrected chi connectivity index (χ4v) is 2.98. The monoisotopic (exact) mass is 271 g/mol. The first kappa shape index (κ1) is 14.2. The van der Waals surface area contributed by atoms with Crippen LogP contribution in [0.15, 0.2) is 47.4 Å². The van der Waals surface area contributed by atoms with Gasteiger partial charge in [0, 0.05) is 4.90 Å². The molecule has 0 aliphatic rings. The van der Waals surface area contributed by atoms with Crippen LogP contribution in [0, 0.1) is 13.8 Å². The fourth-order valence-electron chi connectivity index (χ4n) is 2.32. The first-order valence-corrected chi connectivity index (χ1v) is 7.65. The van der Waals surface area contributed by atoms with Crippen LogP contribution in [0.5, 0.6) is 0 Å². The van der Waals surface area contributed by atoms with Gasteiger partial charge in [-0.2, -0.15) is 0 Å². The Morgan fingerprint density at radius 3 is 2.05 bits per heavy atom. The summed E-state index contributed by atoms with van der Waals surface area (Å²) in [6, 6.07) is 15.1. The van der Waals surface area contributed by atoms with Crippen molar-refractivity contribution in [3.8, 4) is 0 Å². The lowest BCUT2D eigenvalue weighted by Gasteiger charge is -2.14. The van der Waals surface area contributed by atoms with Gasteiger partial charge in [0.1, 0.15) is 0 Å². The van der Waals surface area contributed by atoms with Gasteiger partial charge in [0.25, 0.3) is 0 Å². The lowest BCUT2D eigenvalue weighted by atomic mass is 9.96. The molecule has 0 aliphatic carbocycles. The van der Waals surface area contributed by atoms with E-state index in [0.29, 0.717) is 0 Å². The van der Waals surface area contributed by atoms with Gasteiger partial charge in [0.2, 0.25) is 0 Å². The third kappa shape index (κ3) is 3.62. The molecule has 0 heterocycles. The van der Waals surface area contributed by atoms with Crippen molar-refractivity contribution < 1.29 is 0 Å². The molecular formula is C17H21NS. The number of aryl methyl sites for hydroxylation is 2. The third-order valence-electron chi connectivity index (χ3n) is 3.15. The molecule has 1 atom stereocenters. The molecule has 2 heteroatoms. The summed E-state index contributed by atoms with van der Waals surface area (Å²) in [5.74, 6) is 1.10. The van der Waals surface area contributed by atoms with E-state index in [2.05, 4.69) is 63.2 Å². The Hall–Kier alpha value is -1.25. The van der Waals surface area contributed by atoms with E-state index in [4.69, 9.17) is 5.73 Å². The molecular weight excluding hydrogens is 250 g/mol. The number of rotatable bonds is 4. The zero-order valence-electron chi connectivity index (χ0n) is 11.8. The standard InChI is InChI=1S/C17H21NS/c1-4-19-16-7-5-14(6-8-16)17(18)15-10-12(2)9-13(3)11-15/h5-11,17H,4,18H2,1-3H3. The van der Waals surface area contributed by atoms with Crippen molar-refractivity contribution in [3.63, 3.8) is 0 Å².